The van der Waals surface area contributed by atoms with Crippen molar-refractivity contribution in [3.05, 3.63) is 35.4 Å². The van der Waals surface area contributed by atoms with Gasteiger partial charge in [-0.15, -0.1) is 0 Å². The van der Waals surface area contributed by atoms with Crippen molar-refractivity contribution in [1.82, 2.24) is 5.32 Å². The van der Waals surface area contributed by atoms with Crippen LogP contribution in [0.1, 0.15) is 38.8 Å². The van der Waals surface area contributed by atoms with Gasteiger partial charge in [-0.05, 0) is 25.3 Å². The van der Waals surface area contributed by atoms with Crippen molar-refractivity contribution in [1.29, 1.82) is 0 Å². The summed E-state index contributed by atoms with van der Waals surface area (Å²) in [5, 5.41) is 3.04. The van der Waals surface area contributed by atoms with E-state index in [1.54, 1.807) is 6.92 Å². The smallest absolute Gasteiger partial charge is 0.322 e. The first kappa shape index (κ1) is 16.6. The molecule has 0 radical (unpaired) electrons. The van der Waals surface area contributed by atoms with Crippen LogP contribution in [0.2, 0.25) is 0 Å². The second-order valence-corrected chi connectivity index (χ2v) is 5.26. The first-order valence-electron chi connectivity index (χ1n) is 6.64. The fourth-order valence-corrected chi connectivity index (χ4v) is 2.09. The number of benzene rings is 1. The van der Waals surface area contributed by atoms with E-state index in [0.717, 1.165) is 6.07 Å². The summed E-state index contributed by atoms with van der Waals surface area (Å²) >= 11 is 0. The molecule has 0 aromatic heterocycles. The molecule has 0 bridgehead atoms. The second-order valence-electron chi connectivity index (χ2n) is 5.26. The molecule has 1 rings (SSSR count). The third kappa shape index (κ3) is 4.56. The maximum Gasteiger partial charge on any atom is 0.322 e. The van der Waals surface area contributed by atoms with E-state index in [9.17, 15) is 13.6 Å². The van der Waals surface area contributed by atoms with Crippen molar-refractivity contribution in [2.75, 3.05) is 7.11 Å². The van der Waals surface area contributed by atoms with Gasteiger partial charge < -0.3 is 4.74 Å². The van der Waals surface area contributed by atoms with Gasteiger partial charge in [-0.1, -0.05) is 19.9 Å². The number of esters is 1. The lowest BCUT2D eigenvalue weighted by Gasteiger charge is -2.23. The Labute approximate surface area is 118 Å². The van der Waals surface area contributed by atoms with Crippen LogP contribution in [0.15, 0.2) is 18.2 Å². The molecule has 1 aromatic rings. The molecule has 0 saturated heterocycles. The normalized spacial score (nSPS) is 14.2. The van der Waals surface area contributed by atoms with E-state index < -0.39 is 23.7 Å². The number of methoxy groups -OCH3 is 1. The zero-order valence-electron chi connectivity index (χ0n) is 12.2. The highest BCUT2D eigenvalue weighted by Crippen LogP contribution is 2.19. The van der Waals surface area contributed by atoms with E-state index in [0.29, 0.717) is 12.0 Å². The fraction of sp³-hybridized carbons (Fsp3) is 0.533. The van der Waals surface area contributed by atoms with Gasteiger partial charge in [0, 0.05) is 17.7 Å². The maximum absolute atomic E-state index is 13.7. The zero-order valence-corrected chi connectivity index (χ0v) is 12.2. The number of ether oxygens (including phenoxy) is 1. The fourth-order valence-electron chi connectivity index (χ4n) is 2.09. The van der Waals surface area contributed by atoms with E-state index in [2.05, 4.69) is 5.32 Å². The largest absolute Gasteiger partial charge is 0.468 e. The summed E-state index contributed by atoms with van der Waals surface area (Å²) in [6.45, 7) is 5.70. The van der Waals surface area contributed by atoms with Crippen LogP contribution in [-0.2, 0) is 9.53 Å². The molecule has 2 unspecified atom stereocenters. The van der Waals surface area contributed by atoms with Gasteiger partial charge in [0.05, 0.1) is 7.11 Å². The Hall–Kier alpha value is -1.49. The van der Waals surface area contributed by atoms with E-state index in [1.807, 2.05) is 13.8 Å². The highest BCUT2D eigenvalue weighted by Gasteiger charge is 2.23. The maximum atomic E-state index is 13.7. The Morgan fingerprint density at radius 3 is 2.45 bits per heavy atom. The van der Waals surface area contributed by atoms with Gasteiger partial charge >= 0.3 is 5.97 Å². The number of carbonyl (C=O) groups excluding carboxylic acids is 1. The molecule has 2 atom stereocenters. The van der Waals surface area contributed by atoms with Gasteiger partial charge in [-0.2, -0.15) is 0 Å². The average Bonchev–Trinajstić information content (AvgIpc) is 2.36. The average molecular weight is 285 g/mol. The van der Waals surface area contributed by atoms with Crippen molar-refractivity contribution >= 4 is 5.97 Å². The van der Waals surface area contributed by atoms with Gasteiger partial charge in [0.15, 0.2) is 0 Å². The van der Waals surface area contributed by atoms with Gasteiger partial charge in [-0.3, -0.25) is 10.1 Å². The van der Waals surface area contributed by atoms with Crippen LogP contribution >= 0.6 is 0 Å². The molecule has 0 heterocycles. The van der Waals surface area contributed by atoms with Crippen LogP contribution in [0.25, 0.3) is 0 Å². The molecule has 0 saturated carbocycles. The minimum Gasteiger partial charge on any atom is -0.468 e. The molecule has 0 aliphatic carbocycles. The van der Waals surface area contributed by atoms with Gasteiger partial charge in [0.25, 0.3) is 0 Å². The molecule has 1 N–H and O–H groups in total. The summed E-state index contributed by atoms with van der Waals surface area (Å²) < 4.78 is 31.3. The number of carbonyl (C=O) groups is 1. The van der Waals surface area contributed by atoms with E-state index in [1.165, 1.54) is 19.2 Å². The first-order chi connectivity index (χ1) is 9.35. The molecule has 112 valence electrons. The van der Waals surface area contributed by atoms with Crippen LogP contribution in [-0.4, -0.2) is 19.1 Å². The number of rotatable bonds is 6. The van der Waals surface area contributed by atoms with Crippen LogP contribution < -0.4 is 5.32 Å². The lowest BCUT2D eigenvalue weighted by atomic mass is 10.0. The van der Waals surface area contributed by atoms with Gasteiger partial charge in [0.1, 0.15) is 17.7 Å². The zero-order chi connectivity index (χ0) is 15.3. The lowest BCUT2D eigenvalue weighted by Crippen LogP contribution is -2.40. The van der Waals surface area contributed by atoms with E-state index in [-0.39, 0.29) is 11.9 Å². The number of halogens is 2. The molecule has 1 aromatic carbocycles. The SMILES string of the molecule is COC(=O)C(CC(C)C)NC(C)c1ccc(F)cc1F. The van der Waals surface area contributed by atoms with E-state index >= 15 is 0 Å². The molecular formula is C15H21F2NO2. The highest BCUT2D eigenvalue weighted by molar-refractivity contribution is 5.75. The van der Waals surface area contributed by atoms with Crippen LogP contribution in [0.3, 0.4) is 0 Å². The molecule has 0 fully saturated rings. The Morgan fingerprint density at radius 1 is 1.30 bits per heavy atom. The van der Waals surface area contributed by atoms with Gasteiger partial charge in [0.2, 0.25) is 0 Å². The minimum atomic E-state index is -0.627. The van der Waals surface area contributed by atoms with Gasteiger partial charge in [-0.25, -0.2) is 8.78 Å². The van der Waals surface area contributed by atoms with Crippen LogP contribution in [0, 0.1) is 17.6 Å². The molecule has 5 heteroatoms. The third-order valence-electron chi connectivity index (χ3n) is 3.07. The highest BCUT2D eigenvalue weighted by atomic mass is 19.1. The molecule has 3 nitrogen and oxygen atoms in total. The molecule has 0 spiro atoms. The Bertz CT molecular complexity index is 463. The lowest BCUT2D eigenvalue weighted by molar-refractivity contribution is -0.143. The standard InChI is InChI=1S/C15H21F2NO2/c1-9(2)7-14(15(19)20-4)18-10(3)12-6-5-11(16)8-13(12)17/h5-6,8-10,14,18H,7H2,1-4H3. The Balaban J connectivity index is 2.84. The molecule has 0 aliphatic heterocycles. The first-order valence-corrected chi connectivity index (χ1v) is 6.64. The third-order valence-corrected chi connectivity index (χ3v) is 3.07. The van der Waals surface area contributed by atoms with Crippen molar-refractivity contribution in [2.24, 2.45) is 5.92 Å². The monoisotopic (exact) mass is 285 g/mol. The summed E-state index contributed by atoms with van der Waals surface area (Å²) in [5.41, 5.74) is 0.323. The van der Waals surface area contributed by atoms with Crippen LogP contribution in [0.5, 0.6) is 0 Å². The molecule has 20 heavy (non-hydrogen) atoms. The quantitative estimate of drug-likeness (QED) is 0.816. The van der Waals surface area contributed by atoms with Crippen molar-refractivity contribution in [2.45, 2.75) is 39.3 Å². The summed E-state index contributed by atoms with van der Waals surface area (Å²) in [4.78, 5) is 11.7. The second kappa shape index (κ2) is 7.33. The number of hydrogen-bond donors (Lipinski definition) is 1. The summed E-state index contributed by atoms with van der Waals surface area (Å²) in [7, 11) is 1.32. The summed E-state index contributed by atoms with van der Waals surface area (Å²) in [6, 6.07) is 2.49. The predicted octanol–water partition coefficient (Wildman–Crippen LogP) is 3.20. The Morgan fingerprint density at radius 2 is 1.95 bits per heavy atom. The van der Waals surface area contributed by atoms with Crippen molar-refractivity contribution in [3.8, 4) is 0 Å². The minimum absolute atomic E-state index is 0.289. The summed E-state index contributed by atoms with van der Waals surface area (Å²) in [5.74, 6) is -1.34. The van der Waals surface area contributed by atoms with Crippen molar-refractivity contribution in [3.63, 3.8) is 0 Å². The molecule has 0 amide bonds. The Kier molecular flexibility index (Phi) is 6.07. The number of hydrogen-bond acceptors (Lipinski definition) is 3. The summed E-state index contributed by atoms with van der Waals surface area (Å²) in [6.07, 6.45) is 0.583. The van der Waals surface area contributed by atoms with E-state index in [4.69, 9.17) is 4.74 Å². The van der Waals surface area contributed by atoms with Crippen LogP contribution in [0.4, 0.5) is 8.78 Å². The predicted molar refractivity (Wildman–Crippen MR) is 73.2 cm³/mol. The number of nitrogens with one attached hydrogen (secondary N) is 1. The topological polar surface area (TPSA) is 38.3 Å². The molecule has 0 aliphatic rings. The molecular weight excluding hydrogens is 264 g/mol. The van der Waals surface area contributed by atoms with Crippen molar-refractivity contribution < 1.29 is 18.3 Å².